The molecule has 0 aliphatic rings. The first kappa shape index (κ1) is 15.6. The summed E-state index contributed by atoms with van der Waals surface area (Å²) in [6.07, 6.45) is 1.45. The highest BCUT2D eigenvalue weighted by atomic mass is 35.5. The molecule has 1 amide bonds. The topological polar surface area (TPSA) is 80.0 Å². The molecule has 1 heterocycles. The van der Waals surface area contributed by atoms with Crippen molar-refractivity contribution in [1.82, 2.24) is 4.98 Å². The zero-order chi connectivity index (χ0) is 15.6. The lowest BCUT2D eigenvalue weighted by atomic mass is 10.2. The van der Waals surface area contributed by atoms with E-state index in [1.54, 1.807) is 25.1 Å². The molecule has 1 aromatic carbocycles. The molecule has 0 aliphatic heterocycles. The Balaban J connectivity index is 2.32. The number of benzene rings is 1. The van der Waals surface area contributed by atoms with Gasteiger partial charge in [-0.05, 0) is 37.6 Å². The van der Waals surface area contributed by atoms with Crippen LogP contribution in [0.5, 0.6) is 0 Å². The van der Waals surface area contributed by atoms with Gasteiger partial charge in [-0.25, -0.2) is 0 Å². The van der Waals surface area contributed by atoms with Gasteiger partial charge in [-0.1, -0.05) is 23.2 Å². The molecule has 0 bridgehead atoms. The number of hydrogen-bond donors (Lipinski definition) is 3. The highest BCUT2D eigenvalue weighted by Gasteiger charge is 2.14. The van der Waals surface area contributed by atoms with E-state index in [9.17, 15) is 4.79 Å². The quantitative estimate of drug-likeness (QED) is 0.596. The van der Waals surface area contributed by atoms with Gasteiger partial charge in [0.1, 0.15) is 0 Å². The third kappa shape index (κ3) is 3.44. The van der Waals surface area contributed by atoms with Crippen molar-refractivity contribution < 1.29 is 4.79 Å². The Labute approximate surface area is 132 Å². The van der Waals surface area contributed by atoms with Crippen LogP contribution in [0.25, 0.3) is 0 Å². The first-order valence-corrected chi connectivity index (χ1v) is 6.88. The van der Waals surface area contributed by atoms with Gasteiger partial charge in [0.2, 0.25) is 0 Å². The Bertz CT molecular complexity index is 704. The zero-order valence-corrected chi connectivity index (χ0v) is 13.0. The van der Waals surface area contributed by atoms with Gasteiger partial charge in [0.15, 0.2) is 0 Å². The minimum Gasteiger partial charge on any atom is -0.323 e. The first-order valence-electron chi connectivity index (χ1n) is 6.12. The SMILES string of the molecule is Cc1cc(NN)c(C(=O)Nc2cc(Cl)c(C)cc2Cl)cn1. The summed E-state index contributed by atoms with van der Waals surface area (Å²) in [5.41, 5.74) is 5.29. The highest BCUT2D eigenvalue weighted by molar-refractivity contribution is 6.36. The molecule has 7 heteroatoms. The number of hydrogen-bond acceptors (Lipinski definition) is 4. The van der Waals surface area contributed by atoms with Crippen molar-refractivity contribution in [3.63, 3.8) is 0 Å². The van der Waals surface area contributed by atoms with Crippen LogP contribution in [0.15, 0.2) is 24.4 Å². The van der Waals surface area contributed by atoms with Crippen LogP contribution in [0.2, 0.25) is 10.0 Å². The largest absolute Gasteiger partial charge is 0.323 e. The van der Waals surface area contributed by atoms with Gasteiger partial charge in [0.05, 0.1) is 22.0 Å². The maximum atomic E-state index is 12.3. The van der Waals surface area contributed by atoms with E-state index >= 15 is 0 Å². The number of aromatic nitrogens is 1. The van der Waals surface area contributed by atoms with Gasteiger partial charge in [-0.3, -0.25) is 15.6 Å². The second-order valence-corrected chi connectivity index (χ2v) is 5.37. The van der Waals surface area contributed by atoms with Crippen LogP contribution < -0.4 is 16.6 Å². The number of hydrazine groups is 1. The maximum Gasteiger partial charge on any atom is 0.259 e. The fourth-order valence-electron chi connectivity index (χ4n) is 1.79. The molecule has 2 rings (SSSR count). The third-order valence-corrected chi connectivity index (χ3v) is 3.66. The van der Waals surface area contributed by atoms with Crippen LogP contribution >= 0.6 is 23.2 Å². The zero-order valence-electron chi connectivity index (χ0n) is 11.5. The fraction of sp³-hybridized carbons (Fsp3) is 0.143. The van der Waals surface area contributed by atoms with Crippen LogP contribution in [0.4, 0.5) is 11.4 Å². The van der Waals surface area contributed by atoms with E-state index in [-0.39, 0.29) is 5.91 Å². The van der Waals surface area contributed by atoms with Crippen molar-refractivity contribution >= 4 is 40.5 Å². The summed E-state index contributed by atoms with van der Waals surface area (Å²) >= 11 is 12.1. The van der Waals surface area contributed by atoms with Crippen molar-refractivity contribution in [1.29, 1.82) is 0 Å². The summed E-state index contributed by atoms with van der Waals surface area (Å²) in [7, 11) is 0. The molecule has 0 unspecified atom stereocenters. The van der Waals surface area contributed by atoms with Gasteiger partial charge < -0.3 is 10.7 Å². The number of carbonyl (C=O) groups excluding carboxylic acids is 1. The molecule has 1 aromatic heterocycles. The number of aryl methyl sites for hydroxylation is 2. The second kappa shape index (κ2) is 6.30. The van der Waals surface area contributed by atoms with E-state index in [1.165, 1.54) is 6.20 Å². The van der Waals surface area contributed by atoms with E-state index in [4.69, 9.17) is 29.0 Å². The minimum absolute atomic E-state index is 0.316. The molecule has 0 saturated heterocycles. The average Bonchev–Trinajstić information content (AvgIpc) is 2.44. The summed E-state index contributed by atoms with van der Waals surface area (Å²) in [5.74, 6) is 5.04. The number of nitrogens with zero attached hydrogens (tertiary/aromatic N) is 1. The molecule has 0 fully saturated rings. The summed E-state index contributed by atoms with van der Waals surface area (Å²) in [6.45, 7) is 3.64. The monoisotopic (exact) mass is 324 g/mol. The number of carbonyl (C=O) groups is 1. The summed E-state index contributed by atoms with van der Waals surface area (Å²) in [5, 5.41) is 3.63. The lowest BCUT2D eigenvalue weighted by Gasteiger charge is -2.12. The van der Waals surface area contributed by atoms with Gasteiger partial charge in [-0.2, -0.15) is 0 Å². The average molecular weight is 325 g/mol. The molecule has 0 saturated carbocycles. The van der Waals surface area contributed by atoms with E-state index < -0.39 is 0 Å². The molecule has 4 N–H and O–H groups in total. The Morgan fingerprint density at radius 3 is 2.52 bits per heavy atom. The first-order chi connectivity index (χ1) is 9.92. The Morgan fingerprint density at radius 1 is 1.14 bits per heavy atom. The van der Waals surface area contributed by atoms with Crippen molar-refractivity contribution in [2.24, 2.45) is 5.84 Å². The molecule has 21 heavy (non-hydrogen) atoms. The molecule has 110 valence electrons. The predicted molar refractivity (Wildman–Crippen MR) is 85.9 cm³/mol. The smallest absolute Gasteiger partial charge is 0.259 e. The lowest BCUT2D eigenvalue weighted by molar-refractivity contribution is 0.102. The number of nitrogens with two attached hydrogens (primary N) is 1. The summed E-state index contributed by atoms with van der Waals surface area (Å²) in [6, 6.07) is 4.97. The number of rotatable bonds is 3. The van der Waals surface area contributed by atoms with Crippen LogP contribution in [-0.4, -0.2) is 10.9 Å². The third-order valence-electron chi connectivity index (χ3n) is 2.94. The normalized spacial score (nSPS) is 10.3. The van der Waals surface area contributed by atoms with Crippen molar-refractivity contribution in [2.75, 3.05) is 10.7 Å². The number of anilines is 2. The van der Waals surface area contributed by atoms with E-state index in [1.807, 2.05) is 6.92 Å². The Morgan fingerprint density at radius 2 is 1.86 bits per heavy atom. The van der Waals surface area contributed by atoms with Crippen molar-refractivity contribution in [3.8, 4) is 0 Å². The molecular formula is C14H14Cl2N4O. The number of amides is 1. The Hall–Kier alpha value is -1.82. The van der Waals surface area contributed by atoms with Crippen molar-refractivity contribution in [2.45, 2.75) is 13.8 Å². The summed E-state index contributed by atoms with van der Waals surface area (Å²) < 4.78 is 0. The minimum atomic E-state index is -0.378. The Kier molecular flexibility index (Phi) is 4.67. The number of pyridine rings is 1. The van der Waals surface area contributed by atoms with E-state index in [0.717, 1.165) is 11.3 Å². The molecular weight excluding hydrogens is 311 g/mol. The van der Waals surface area contributed by atoms with Crippen LogP contribution in [0.1, 0.15) is 21.6 Å². The maximum absolute atomic E-state index is 12.3. The molecule has 0 atom stereocenters. The highest BCUT2D eigenvalue weighted by Crippen LogP contribution is 2.29. The second-order valence-electron chi connectivity index (χ2n) is 4.55. The summed E-state index contributed by atoms with van der Waals surface area (Å²) in [4.78, 5) is 16.4. The standard InChI is InChI=1S/C14H14Cl2N4O/c1-7-3-11(16)13(5-10(7)15)19-14(21)9-6-18-8(2)4-12(9)20-17/h3-6H,17H2,1-2H3,(H,18,20)(H,19,21). The number of halogens is 2. The molecule has 2 aromatic rings. The number of nitrogens with one attached hydrogen (secondary N) is 2. The van der Waals surface area contributed by atoms with Gasteiger partial charge in [-0.15, -0.1) is 0 Å². The molecule has 5 nitrogen and oxygen atoms in total. The van der Waals surface area contributed by atoms with Gasteiger partial charge in [0.25, 0.3) is 5.91 Å². The van der Waals surface area contributed by atoms with E-state index in [0.29, 0.717) is 27.0 Å². The van der Waals surface area contributed by atoms with Crippen LogP contribution in [0, 0.1) is 13.8 Å². The van der Waals surface area contributed by atoms with Gasteiger partial charge in [0, 0.05) is 16.9 Å². The number of nitrogen functional groups attached to an aromatic ring is 1. The van der Waals surface area contributed by atoms with Crippen molar-refractivity contribution in [3.05, 3.63) is 51.3 Å². The van der Waals surface area contributed by atoms with Gasteiger partial charge >= 0.3 is 0 Å². The van der Waals surface area contributed by atoms with Crippen LogP contribution in [0.3, 0.4) is 0 Å². The van der Waals surface area contributed by atoms with E-state index in [2.05, 4.69) is 15.7 Å². The predicted octanol–water partition coefficient (Wildman–Crippen LogP) is 3.54. The lowest BCUT2D eigenvalue weighted by Crippen LogP contribution is -2.18. The molecule has 0 radical (unpaired) electrons. The fourth-order valence-corrected chi connectivity index (χ4v) is 2.22. The van der Waals surface area contributed by atoms with Crippen LogP contribution in [-0.2, 0) is 0 Å². The molecule has 0 spiro atoms. The molecule has 0 aliphatic carbocycles.